The molecular weight excluding hydrogens is 318 g/mol. The van der Waals surface area contributed by atoms with E-state index in [0.717, 1.165) is 36.9 Å². The van der Waals surface area contributed by atoms with E-state index >= 15 is 0 Å². The molecule has 4 nitrogen and oxygen atoms in total. The maximum absolute atomic E-state index is 5.46. The second kappa shape index (κ2) is 10.3. The van der Waals surface area contributed by atoms with Gasteiger partial charge in [0, 0.05) is 12.2 Å². The smallest absolute Gasteiger partial charge is 0.170 e. The molecule has 0 amide bonds. The Labute approximate surface area is 151 Å². The van der Waals surface area contributed by atoms with Crippen LogP contribution in [0.4, 0.5) is 5.69 Å². The van der Waals surface area contributed by atoms with Crippen molar-refractivity contribution in [2.45, 2.75) is 26.2 Å². The van der Waals surface area contributed by atoms with Gasteiger partial charge in [0.15, 0.2) is 5.11 Å². The minimum absolute atomic E-state index is 0.517. The lowest BCUT2D eigenvalue weighted by atomic mass is 9.99. The Kier molecular flexibility index (Phi) is 8.05. The van der Waals surface area contributed by atoms with Gasteiger partial charge in [-0.25, -0.2) is 0 Å². The molecule has 1 heterocycles. The van der Waals surface area contributed by atoms with Gasteiger partial charge in [-0.2, -0.15) is 0 Å². The van der Waals surface area contributed by atoms with Crippen molar-refractivity contribution in [1.29, 1.82) is 0 Å². The zero-order valence-electron chi connectivity index (χ0n) is 14.6. The highest BCUT2D eigenvalue weighted by Gasteiger charge is 2.14. The summed E-state index contributed by atoms with van der Waals surface area (Å²) < 4.78 is 5.46. The van der Waals surface area contributed by atoms with Gasteiger partial charge in [-0.3, -0.25) is 0 Å². The van der Waals surface area contributed by atoms with Crippen molar-refractivity contribution in [2.24, 2.45) is 5.92 Å². The molecule has 0 saturated carbocycles. The Morgan fingerprint density at radius 3 is 2.71 bits per heavy atom. The molecule has 1 aliphatic heterocycles. The fourth-order valence-electron chi connectivity index (χ4n) is 2.76. The van der Waals surface area contributed by atoms with E-state index in [4.69, 9.17) is 17.0 Å². The summed E-state index contributed by atoms with van der Waals surface area (Å²) in [6.45, 7) is 11.0. The van der Waals surface area contributed by atoms with Gasteiger partial charge in [0.2, 0.25) is 0 Å². The maximum atomic E-state index is 5.46. The lowest BCUT2D eigenvalue weighted by Gasteiger charge is -2.30. The molecule has 1 aromatic rings. The van der Waals surface area contributed by atoms with E-state index in [9.17, 15) is 0 Å². The van der Waals surface area contributed by atoms with Gasteiger partial charge in [-0.15, -0.1) is 0 Å². The molecule has 0 radical (unpaired) electrons. The molecule has 1 fully saturated rings. The third-order valence-corrected chi connectivity index (χ3v) is 4.54. The summed E-state index contributed by atoms with van der Waals surface area (Å²) in [6, 6.07) is 7.76. The number of hydrogen-bond donors (Lipinski definition) is 2. The highest BCUT2D eigenvalue weighted by atomic mass is 32.1. The van der Waals surface area contributed by atoms with Gasteiger partial charge in [0.1, 0.15) is 12.4 Å². The van der Waals surface area contributed by atoms with Crippen molar-refractivity contribution in [3.8, 4) is 5.75 Å². The van der Waals surface area contributed by atoms with Crippen LogP contribution in [0.25, 0.3) is 0 Å². The van der Waals surface area contributed by atoms with Crippen molar-refractivity contribution < 1.29 is 4.74 Å². The summed E-state index contributed by atoms with van der Waals surface area (Å²) in [5.74, 6) is 1.72. The first-order valence-corrected chi connectivity index (χ1v) is 9.19. The third-order valence-electron chi connectivity index (χ3n) is 4.29. The average Bonchev–Trinajstić information content (AvgIpc) is 2.60. The van der Waals surface area contributed by atoms with Crippen LogP contribution < -0.4 is 15.4 Å². The highest BCUT2D eigenvalue weighted by Crippen LogP contribution is 2.16. The minimum atomic E-state index is 0.517. The van der Waals surface area contributed by atoms with Crippen LogP contribution >= 0.6 is 12.2 Å². The third kappa shape index (κ3) is 6.89. The Morgan fingerprint density at radius 1 is 1.33 bits per heavy atom. The van der Waals surface area contributed by atoms with Gasteiger partial charge >= 0.3 is 0 Å². The Bertz CT molecular complexity index is 510. The summed E-state index contributed by atoms with van der Waals surface area (Å²) in [6.07, 6.45) is 5.51. The predicted octanol–water partition coefficient (Wildman–Crippen LogP) is 3.66. The number of nitrogens with zero attached hydrogens (tertiary/aromatic N) is 1. The second-order valence-electron chi connectivity index (χ2n) is 6.38. The SMILES string of the molecule is C=CCOc1ccc(NC(=S)NCCCN2CCC(C)CC2)cc1. The molecule has 1 aliphatic rings. The van der Waals surface area contributed by atoms with Gasteiger partial charge in [0.25, 0.3) is 0 Å². The Hall–Kier alpha value is -1.59. The minimum Gasteiger partial charge on any atom is -0.490 e. The van der Waals surface area contributed by atoms with E-state index < -0.39 is 0 Å². The predicted molar refractivity (Wildman–Crippen MR) is 106 cm³/mol. The second-order valence-corrected chi connectivity index (χ2v) is 6.79. The molecule has 0 atom stereocenters. The Morgan fingerprint density at radius 2 is 2.04 bits per heavy atom. The van der Waals surface area contributed by atoms with Gasteiger partial charge < -0.3 is 20.3 Å². The van der Waals surface area contributed by atoms with Crippen LogP contribution in [0.3, 0.4) is 0 Å². The number of rotatable bonds is 8. The normalized spacial score (nSPS) is 15.7. The summed E-state index contributed by atoms with van der Waals surface area (Å²) in [7, 11) is 0. The van der Waals surface area contributed by atoms with Gasteiger partial charge in [-0.1, -0.05) is 19.6 Å². The molecule has 1 aromatic carbocycles. The fraction of sp³-hybridized carbons (Fsp3) is 0.526. The molecule has 0 unspecified atom stereocenters. The quantitative estimate of drug-likeness (QED) is 0.426. The fourth-order valence-corrected chi connectivity index (χ4v) is 2.98. The number of ether oxygens (including phenoxy) is 1. The molecule has 2 N–H and O–H groups in total. The number of likely N-dealkylation sites (tertiary alicyclic amines) is 1. The Balaban J connectivity index is 1.60. The van der Waals surface area contributed by atoms with Crippen molar-refractivity contribution in [3.05, 3.63) is 36.9 Å². The average molecular weight is 348 g/mol. The van der Waals surface area contributed by atoms with Gasteiger partial charge in [-0.05, 0) is 81.3 Å². The summed E-state index contributed by atoms with van der Waals surface area (Å²) in [5.41, 5.74) is 0.962. The van der Waals surface area contributed by atoms with Crippen molar-refractivity contribution in [2.75, 3.05) is 38.1 Å². The number of anilines is 1. The standard InChI is InChI=1S/C19H29N3OS/c1-3-15-23-18-7-5-17(6-8-18)21-19(24)20-11-4-12-22-13-9-16(2)10-14-22/h3,5-8,16H,1,4,9-15H2,2H3,(H2,20,21,24). The molecule has 0 spiro atoms. The molecule has 2 rings (SSSR count). The first-order valence-electron chi connectivity index (χ1n) is 8.78. The van der Waals surface area contributed by atoms with Crippen LogP contribution in [0, 0.1) is 5.92 Å². The van der Waals surface area contributed by atoms with Crippen molar-refractivity contribution in [1.82, 2.24) is 10.2 Å². The molecule has 24 heavy (non-hydrogen) atoms. The van der Waals surface area contributed by atoms with Crippen LogP contribution in [0.15, 0.2) is 36.9 Å². The van der Waals surface area contributed by atoms with Crippen LogP contribution in [-0.4, -0.2) is 42.8 Å². The molecule has 1 saturated heterocycles. The van der Waals surface area contributed by atoms with Crippen molar-refractivity contribution >= 4 is 23.0 Å². The van der Waals surface area contributed by atoms with E-state index in [2.05, 4.69) is 29.0 Å². The molecule has 132 valence electrons. The molecule has 0 bridgehead atoms. The monoisotopic (exact) mass is 347 g/mol. The van der Waals surface area contributed by atoms with E-state index in [-0.39, 0.29) is 0 Å². The van der Waals surface area contributed by atoms with E-state index in [0.29, 0.717) is 11.7 Å². The number of thiocarbonyl (C=S) groups is 1. The summed E-state index contributed by atoms with van der Waals surface area (Å²) >= 11 is 5.34. The molecule has 0 aliphatic carbocycles. The lowest BCUT2D eigenvalue weighted by Crippen LogP contribution is -2.36. The topological polar surface area (TPSA) is 36.5 Å². The molecule has 5 heteroatoms. The van der Waals surface area contributed by atoms with Crippen LogP contribution in [-0.2, 0) is 0 Å². The lowest BCUT2D eigenvalue weighted by molar-refractivity contribution is 0.191. The molecule has 0 aromatic heterocycles. The number of piperidine rings is 1. The first kappa shape index (κ1) is 18.7. The molecular formula is C19H29N3OS. The number of hydrogen-bond acceptors (Lipinski definition) is 3. The number of benzene rings is 1. The van der Waals surface area contributed by atoms with Crippen LogP contribution in [0.1, 0.15) is 26.2 Å². The van der Waals surface area contributed by atoms with E-state index in [1.54, 1.807) is 6.08 Å². The number of nitrogens with one attached hydrogen (secondary N) is 2. The summed E-state index contributed by atoms with van der Waals surface area (Å²) in [4.78, 5) is 2.56. The summed E-state index contributed by atoms with van der Waals surface area (Å²) in [5, 5.41) is 7.15. The zero-order valence-corrected chi connectivity index (χ0v) is 15.4. The largest absolute Gasteiger partial charge is 0.490 e. The zero-order chi connectivity index (χ0) is 17.2. The van der Waals surface area contributed by atoms with Crippen molar-refractivity contribution in [3.63, 3.8) is 0 Å². The van der Waals surface area contributed by atoms with Crippen LogP contribution in [0.2, 0.25) is 0 Å². The van der Waals surface area contributed by atoms with E-state index in [1.165, 1.54) is 25.9 Å². The maximum Gasteiger partial charge on any atom is 0.170 e. The first-order chi connectivity index (χ1) is 11.7. The van der Waals surface area contributed by atoms with Crippen LogP contribution in [0.5, 0.6) is 5.75 Å². The van der Waals surface area contributed by atoms with E-state index in [1.807, 2.05) is 24.3 Å². The highest BCUT2D eigenvalue weighted by molar-refractivity contribution is 7.80. The van der Waals surface area contributed by atoms with Gasteiger partial charge in [0.05, 0.1) is 0 Å².